The molecule has 5 nitrogen and oxygen atoms in total. The van der Waals surface area contributed by atoms with E-state index in [1.807, 2.05) is 13.8 Å². The van der Waals surface area contributed by atoms with E-state index in [9.17, 15) is 4.79 Å². The molecule has 0 saturated carbocycles. The Morgan fingerprint density at radius 2 is 2.24 bits per heavy atom. The lowest BCUT2D eigenvalue weighted by atomic mass is 9.98. The molecule has 1 aromatic heterocycles. The van der Waals surface area contributed by atoms with Crippen LogP contribution in [0.5, 0.6) is 0 Å². The van der Waals surface area contributed by atoms with Crippen LogP contribution in [-0.2, 0) is 4.79 Å². The molecule has 0 aliphatic rings. The van der Waals surface area contributed by atoms with Gasteiger partial charge in [-0.25, -0.2) is 4.98 Å². The third-order valence-corrected chi connectivity index (χ3v) is 3.48. The van der Waals surface area contributed by atoms with Gasteiger partial charge >= 0.3 is 5.97 Å². The number of nitrogens with zero attached hydrogens (tertiary/aromatic N) is 1. The number of aliphatic carboxylic acids is 1. The predicted molar refractivity (Wildman–Crippen MR) is 66.2 cm³/mol. The fraction of sp³-hybridized carbons (Fsp3) is 0.636. The SMILES string of the molecule is Cc1nc(SCCCC(C)(N)C(=O)O)oc1C. The van der Waals surface area contributed by atoms with Crippen LogP contribution in [0.3, 0.4) is 0 Å². The highest BCUT2D eigenvalue weighted by molar-refractivity contribution is 7.99. The maximum absolute atomic E-state index is 10.8. The third kappa shape index (κ3) is 4.05. The Bertz CT molecular complexity index is 382. The number of aromatic nitrogens is 1. The number of carbonyl (C=O) groups is 1. The summed E-state index contributed by atoms with van der Waals surface area (Å²) in [6.45, 7) is 5.29. The number of oxazole rings is 1. The minimum atomic E-state index is -1.15. The van der Waals surface area contributed by atoms with E-state index in [0.29, 0.717) is 18.1 Å². The zero-order valence-corrected chi connectivity index (χ0v) is 11.1. The van der Waals surface area contributed by atoms with E-state index in [2.05, 4.69) is 4.98 Å². The molecule has 0 fully saturated rings. The minimum absolute atomic E-state index is 0.438. The number of nitrogens with two attached hydrogens (primary N) is 1. The summed E-state index contributed by atoms with van der Waals surface area (Å²) in [5.74, 6) is 0.603. The Kier molecular flexibility index (Phi) is 4.59. The fourth-order valence-electron chi connectivity index (χ4n) is 1.21. The van der Waals surface area contributed by atoms with Gasteiger partial charge in [0.05, 0.1) is 5.69 Å². The number of thioether (sulfide) groups is 1. The summed E-state index contributed by atoms with van der Waals surface area (Å²) in [6.07, 6.45) is 1.15. The van der Waals surface area contributed by atoms with Gasteiger partial charge in [-0.1, -0.05) is 11.8 Å². The predicted octanol–water partition coefficient (Wildman–Crippen LogP) is 1.97. The number of hydrogen-bond acceptors (Lipinski definition) is 5. The number of aryl methyl sites for hydroxylation is 2. The first-order valence-corrected chi connectivity index (χ1v) is 6.40. The van der Waals surface area contributed by atoms with Crippen molar-refractivity contribution in [3.8, 4) is 0 Å². The minimum Gasteiger partial charge on any atom is -0.480 e. The molecule has 96 valence electrons. The van der Waals surface area contributed by atoms with Crippen LogP contribution in [-0.4, -0.2) is 27.4 Å². The molecule has 6 heteroatoms. The first-order valence-electron chi connectivity index (χ1n) is 5.42. The summed E-state index contributed by atoms with van der Waals surface area (Å²) in [4.78, 5) is 15.0. The van der Waals surface area contributed by atoms with Crippen LogP contribution in [0, 0.1) is 13.8 Å². The van der Waals surface area contributed by atoms with Crippen molar-refractivity contribution in [2.24, 2.45) is 5.73 Å². The van der Waals surface area contributed by atoms with Crippen LogP contribution in [0.15, 0.2) is 9.64 Å². The van der Waals surface area contributed by atoms with Crippen molar-refractivity contribution in [3.63, 3.8) is 0 Å². The number of carboxylic acid groups (broad SMARTS) is 1. The Labute approximate surface area is 105 Å². The smallest absolute Gasteiger partial charge is 0.323 e. The molecule has 0 aliphatic heterocycles. The average molecular weight is 258 g/mol. The quantitative estimate of drug-likeness (QED) is 0.599. The Morgan fingerprint density at radius 1 is 1.59 bits per heavy atom. The van der Waals surface area contributed by atoms with Gasteiger partial charge in [0, 0.05) is 5.75 Å². The molecule has 1 unspecified atom stereocenters. The molecular weight excluding hydrogens is 240 g/mol. The van der Waals surface area contributed by atoms with Crippen molar-refractivity contribution in [2.75, 3.05) is 5.75 Å². The van der Waals surface area contributed by atoms with Crippen molar-refractivity contribution >= 4 is 17.7 Å². The van der Waals surface area contributed by atoms with Crippen molar-refractivity contribution in [3.05, 3.63) is 11.5 Å². The van der Waals surface area contributed by atoms with E-state index in [0.717, 1.165) is 17.2 Å². The van der Waals surface area contributed by atoms with Crippen molar-refractivity contribution in [1.82, 2.24) is 4.98 Å². The molecule has 0 amide bonds. The van der Waals surface area contributed by atoms with E-state index in [-0.39, 0.29) is 0 Å². The fourth-order valence-corrected chi connectivity index (χ4v) is 2.06. The van der Waals surface area contributed by atoms with Gasteiger partial charge in [0.15, 0.2) is 0 Å². The maximum atomic E-state index is 10.8. The van der Waals surface area contributed by atoms with Crippen LogP contribution in [0.4, 0.5) is 0 Å². The lowest BCUT2D eigenvalue weighted by molar-refractivity contribution is -0.142. The molecule has 1 rings (SSSR count). The lowest BCUT2D eigenvalue weighted by Crippen LogP contribution is -2.44. The second-order valence-corrected chi connectivity index (χ2v) is 5.34. The molecule has 1 heterocycles. The number of carboxylic acids is 1. The Hall–Kier alpha value is -1.01. The highest BCUT2D eigenvalue weighted by Crippen LogP contribution is 2.22. The standard InChI is InChI=1S/C11H18N2O3S/c1-7-8(2)16-10(13-7)17-6-4-5-11(3,12)9(14)15/h4-6,12H2,1-3H3,(H,14,15). The molecule has 0 radical (unpaired) electrons. The molecule has 0 bridgehead atoms. The Balaban J connectivity index is 2.32. The zero-order valence-electron chi connectivity index (χ0n) is 10.3. The monoisotopic (exact) mass is 258 g/mol. The van der Waals surface area contributed by atoms with Crippen molar-refractivity contribution in [2.45, 2.75) is 44.4 Å². The summed E-state index contributed by atoms with van der Waals surface area (Å²) in [7, 11) is 0. The van der Waals surface area contributed by atoms with Gasteiger partial charge in [0.25, 0.3) is 5.22 Å². The zero-order chi connectivity index (χ0) is 13.1. The van der Waals surface area contributed by atoms with Crippen LogP contribution in [0.2, 0.25) is 0 Å². The Morgan fingerprint density at radius 3 is 2.71 bits per heavy atom. The second kappa shape index (κ2) is 5.55. The summed E-state index contributed by atoms with van der Waals surface area (Å²) in [5, 5.41) is 9.47. The van der Waals surface area contributed by atoms with E-state index >= 15 is 0 Å². The molecular formula is C11H18N2O3S. The largest absolute Gasteiger partial charge is 0.480 e. The third-order valence-electron chi connectivity index (χ3n) is 2.56. The summed E-state index contributed by atoms with van der Waals surface area (Å²) >= 11 is 1.48. The van der Waals surface area contributed by atoms with E-state index in [1.54, 1.807) is 0 Å². The summed E-state index contributed by atoms with van der Waals surface area (Å²) < 4.78 is 5.40. The summed E-state index contributed by atoms with van der Waals surface area (Å²) in [6, 6.07) is 0. The lowest BCUT2D eigenvalue weighted by Gasteiger charge is -2.18. The maximum Gasteiger partial charge on any atom is 0.323 e. The molecule has 0 aliphatic carbocycles. The molecule has 3 N–H and O–H groups in total. The van der Waals surface area contributed by atoms with E-state index in [4.69, 9.17) is 15.3 Å². The topological polar surface area (TPSA) is 89.3 Å². The second-order valence-electron chi connectivity index (χ2n) is 4.30. The van der Waals surface area contributed by atoms with Crippen molar-refractivity contribution in [1.29, 1.82) is 0 Å². The van der Waals surface area contributed by atoms with Crippen LogP contribution < -0.4 is 5.73 Å². The summed E-state index contributed by atoms with van der Waals surface area (Å²) in [5.41, 5.74) is 5.36. The molecule has 1 aromatic rings. The first kappa shape index (κ1) is 14.1. The van der Waals surface area contributed by atoms with Crippen LogP contribution in [0.25, 0.3) is 0 Å². The highest BCUT2D eigenvalue weighted by atomic mass is 32.2. The van der Waals surface area contributed by atoms with Gasteiger partial charge in [-0.05, 0) is 33.6 Å². The van der Waals surface area contributed by atoms with Crippen LogP contribution in [0.1, 0.15) is 31.2 Å². The molecule has 17 heavy (non-hydrogen) atoms. The highest BCUT2D eigenvalue weighted by Gasteiger charge is 2.26. The van der Waals surface area contributed by atoms with Gasteiger partial charge in [0.2, 0.25) is 0 Å². The average Bonchev–Trinajstić information content (AvgIpc) is 2.53. The van der Waals surface area contributed by atoms with Gasteiger partial charge in [0.1, 0.15) is 11.3 Å². The molecule has 1 atom stereocenters. The number of hydrogen-bond donors (Lipinski definition) is 2. The van der Waals surface area contributed by atoms with Crippen molar-refractivity contribution < 1.29 is 14.3 Å². The molecule has 0 spiro atoms. The first-order chi connectivity index (χ1) is 7.83. The van der Waals surface area contributed by atoms with Gasteiger partial charge in [-0.3, -0.25) is 4.79 Å². The van der Waals surface area contributed by atoms with Gasteiger partial charge < -0.3 is 15.3 Å². The van der Waals surface area contributed by atoms with E-state index in [1.165, 1.54) is 18.7 Å². The van der Waals surface area contributed by atoms with Crippen LogP contribution >= 0.6 is 11.8 Å². The molecule has 0 saturated heterocycles. The van der Waals surface area contributed by atoms with Gasteiger partial charge in [-0.15, -0.1) is 0 Å². The number of rotatable bonds is 6. The van der Waals surface area contributed by atoms with Gasteiger partial charge in [-0.2, -0.15) is 0 Å². The molecule has 0 aromatic carbocycles. The normalized spacial score (nSPS) is 14.6. The van der Waals surface area contributed by atoms with E-state index < -0.39 is 11.5 Å².